The molecule has 0 aliphatic carbocycles. The molecule has 0 unspecified atom stereocenters. The van der Waals surface area contributed by atoms with Crippen LogP contribution in [-0.4, -0.2) is 10.0 Å². The molecule has 6 heteroatoms. The molecule has 0 spiro atoms. The Morgan fingerprint density at radius 2 is 1.83 bits per heavy atom. The first-order valence-electron chi connectivity index (χ1n) is 4.97. The van der Waals surface area contributed by atoms with Crippen molar-refractivity contribution in [1.82, 2.24) is 0 Å². The molecule has 1 N–H and O–H groups in total. The zero-order chi connectivity index (χ0) is 13.1. The van der Waals surface area contributed by atoms with Crippen LogP contribution in [0.5, 0.6) is 17.2 Å². The van der Waals surface area contributed by atoms with Crippen LogP contribution in [0.15, 0.2) is 42.5 Å². The predicted octanol–water partition coefficient (Wildman–Crippen LogP) is 3.23. The first-order valence-corrected chi connectivity index (χ1v) is 4.97. The Balaban J connectivity index is 2.35. The maximum absolute atomic E-state index is 13.0. The van der Waals surface area contributed by atoms with Crippen LogP contribution in [0.25, 0.3) is 0 Å². The molecule has 2 rings (SSSR count). The second-order valence-corrected chi connectivity index (χ2v) is 3.47. The van der Waals surface area contributed by atoms with E-state index in [0.29, 0.717) is 0 Å². The fraction of sp³-hybridized carbons (Fsp3) is 0. The van der Waals surface area contributed by atoms with Crippen molar-refractivity contribution in [1.29, 1.82) is 0 Å². The molecule has 0 saturated heterocycles. The van der Waals surface area contributed by atoms with Crippen LogP contribution in [0, 0.1) is 15.9 Å². The lowest BCUT2D eigenvalue weighted by atomic mass is 10.3. The maximum Gasteiger partial charge on any atom is 0.311 e. The first kappa shape index (κ1) is 11.8. The Morgan fingerprint density at radius 3 is 2.44 bits per heavy atom. The quantitative estimate of drug-likeness (QED) is 0.669. The van der Waals surface area contributed by atoms with Crippen LogP contribution in [-0.2, 0) is 0 Å². The molecule has 92 valence electrons. The molecule has 0 saturated carbocycles. The molecule has 18 heavy (non-hydrogen) atoms. The number of hydrogen-bond donors (Lipinski definition) is 1. The zero-order valence-electron chi connectivity index (χ0n) is 9.04. The summed E-state index contributed by atoms with van der Waals surface area (Å²) in [7, 11) is 0. The summed E-state index contributed by atoms with van der Waals surface area (Å²) in [5.74, 6) is -0.516. The van der Waals surface area contributed by atoms with Crippen LogP contribution >= 0.6 is 0 Å². The van der Waals surface area contributed by atoms with Crippen molar-refractivity contribution in [2.24, 2.45) is 0 Å². The fourth-order valence-corrected chi connectivity index (χ4v) is 1.36. The highest BCUT2D eigenvalue weighted by molar-refractivity contribution is 5.48. The van der Waals surface area contributed by atoms with E-state index in [0.717, 1.165) is 18.2 Å². The number of phenols is 1. The SMILES string of the molecule is O=[N+]([O-])c1ccc(F)cc1Oc1ccc(O)cc1. The number of halogens is 1. The van der Waals surface area contributed by atoms with E-state index in [1.54, 1.807) is 0 Å². The summed E-state index contributed by atoms with van der Waals surface area (Å²) in [6.45, 7) is 0. The van der Waals surface area contributed by atoms with Crippen LogP contribution < -0.4 is 4.74 Å². The van der Waals surface area contributed by atoms with Crippen molar-refractivity contribution in [3.8, 4) is 17.2 Å². The molecule has 0 atom stereocenters. The number of benzene rings is 2. The number of ether oxygens (including phenoxy) is 1. The largest absolute Gasteiger partial charge is 0.508 e. The maximum atomic E-state index is 13.0. The highest BCUT2D eigenvalue weighted by Crippen LogP contribution is 2.32. The molecule has 0 aliphatic heterocycles. The zero-order valence-corrected chi connectivity index (χ0v) is 9.04. The third-order valence-electron chi connectivity index (χ3n) is 2.18. The molecule has 5 nitrogen and oxygen atoms in total. The molecule has 0 bridgehead atoms. The van der Waals surface area contributed by atoms with Crippen molar-refractivity contribution in [2.45, 2.75) is 0 Å². The van der Waals surface area contributed by atoms with Crippen LogP contribution in [0.2, 0.25) is 0 Å². The molecule has 0 heterocycles. The Morgan fingerprint density at radius 1 is 1.17 bits per heavy atom. The normalized spacial score (nSPS) is 10.1. The Bertz CT molecular complexity index is 583. The molecule has 2 aromatic carbocycles. The topological polar surface area (TPSA) is 72.6 Å². The molecule has 2 aromatic rings. The molecule has 0 aromatic heterocycles. The van der Waals surface area contributed by atoms with Gasteiger partial charge in [0.05, 0.1) is 4.92 Å². The number of nitro groups is 1. The second-order valence-electron chi connectivity index (χ2n) is 3.47. The second kappa shape index (κ2) is 4.70. The minimum absolute atomic E-state index is 0.0380. The number of rotatable bonds is 3. The number of nitrogens with zero attached hydrogens (tertiary/aromatic N) is 1. The molecular weight excluding hydrogens is 241 g/mol. The van der Waals surface area contributed by atoms with Gasteiger partial charge in [-0.25, -0.2) is 4.39 Å². The van der Waals surface area contributed by atoms with E-state index in [4.69, 9.17) is 9.84 Å². The smallest absolute Gasteiger partial charge is 0.311 e. The van der Waals surface area contributed by atoms with E-state index in [1.807, 2.05) is 0 Å². The van der Waals surface area contributed by atoms with Gasteiger partial charge in [0.1, 0.15) is 17.3 Å². The van der Waals surface area contributed by atoms with E-state index in [2.05, 4.69) is 0 Å². The molecule has 0 radical (unpaired) electrons. The minimum Gasteiger partial charge on any atom is -0.508 e. The minimum atomic E-state index is -0.658. The van der Waals surface area contributed by atoms with Gasteiger partial charge in [0, 0.05) is 12.1 Å². The van der Waals surface area contributed by atoms with Gasteiger partial charge in [-0.15, -0.1) is 0 Å². The molecule has 0 amide bonds. The average molecular weight is 249 g/mol. The number of aromatic hydroxyl groups is 1. The summed E-state index contributed by atoms with van der Waals surface area (Å²) in [5.41, 5.74) is -0.329. The van der Waals surface area contributed by atoms with Gasteiger partial charge in [-0.2, -0.15) is 0 Å². The van der Waals surface area contributed by atoms with Gasteiger partial charge < -0.3 is 9.84 Å². The van der Waals surface area contributed by atoms with Crippen molar-refractivity contribution in [3.05, 3.63) is 58.4 Å². The Hall–Kier alpha value is -2.63. The van der Waals surface area contributed by atoms with E-state index in [1.165, 1.54) is 24.3 Å². The average Bonchev–Trinajstić information content (AvgIpc) is 2.32. The van der Waals surface area contributed by atoms with Crippen LogP contribution in [0.4, 0.5) is 10.1 Å². The Labute approximate surface area is 101 Å². The van der Waals surface area contributed by atoms with Crippen LogP contribution in [0.1, 0.15) is 0 Å². The molecular formula is C12H8FNO4. The monoisotopic (exact) mass is 249 g/mol. The van der Waals surface area contributed by atoms with Crippen LogP contribution in [0.3, 0.4) is 0 Å². The standard InChI is InChI=1S/C12H8FNO4/c13-8-1-6-11(14(16)17)12(7-8)18-10-4-2-9(15)3-5-10/h1-7,15H. The summed E-state index contributed by atoms with van der Waals surface area (Å²) in [6.07, 6.45) is 0. The summed E-state index contributed by atoms with van der Waals surface area (Å²) in [5, 5.41) is 19.8. The summed E-state index contributed by atoms with van der Waals surface area (Å²) in [4.78, 5) is 10.1. The van der Waals surface area contributed by atoms with Crippen molar-refractivity contribution < 1.29 is 19.2 Å². The third kappa shape index (κ3) is 2.54. The Kier molecular flexibility index (Phi) is 3.09. The highest BCUT2D eigenvalue weighted by Gasteiger charge is 2.16. The van der Waals surface area contributed by atoms with Gasteiger partial charge in [0.25, 0.3) is 0 Å². The van der Waals surface area contributed by atoms with Gasteiger partial charge in [-0.1, -0.05) is 0 Å². The van der Waals surface area contributed by atoms with Crippen molar-refractivity contribution in [3.63, 3.8) is 0 Å². The fourth-order valence-electron chi connectivity index (χ4n) is 1.36. The van der Waals surface area contributed by atoms with Gasteiger partial charge in [-0.3, -0.25) is 10.1 Å². The van der Waals surface area contributed by atoms with Gasteiger partial charge >= 0.3 is 5.69 Å². The lowest BCUT2D eigenvalue weighted by molar-refractivity contribution is -0.385. The molecule has 0 aliphatic rings. The van der Waals surface area contributed by atoms with Gasteiger partial charge in [0.2, 0.25) is 5.75 Å². The summed E-state index contributed by atoms with van der Waals surface area (Å²) >= 11 is 0. The van der Waals surface area contributed by atoms with Crippen molar-refractivity contribution in [2.75, 3.05) is 0 Å². The lowest BCUT2D eigenvalue weighted by Crippen LogP contribution is -1.94. The predicted molar refractivity (Wildman–Crippen MR) is 61.2 cm³/mol. The van der Waals surface area contributed by atoms with E-state index >= 15 is 0 Å². The van der Waals surface area contributed by atoms with E-state index < -0.39 is 10.7 Å². The van der Waals surface area contributed by atoms with Gasteiger partial charge in [-0.05, 0) is 30.3 Å². The van der Waals surface area contributed by atoms with Gasteiger partial charge in [0.15, 0.2) is 0 Å². The highest BCUT2D eigenvalue weighted by atomic mass is 19.1. The lowest BCUT2D eigenvalue weighted by Gasteiger charge is -2.06. The summed E-state index contributed by atoms with van der Waals surface area (Å²) in [6, 6.07) is 8.52. The van der Waals surface area contributed by atoms with E-state index in [-0.39, 0.29) is 22.9 Å². The molecule has 0 fully saturated rings. The third-order valence-corrected chi connectivity index (χ3v) is 2.18. The number of nitro benzene ring substituents is 1. The first-order chi connectivity index (χ1) is 8.56. The number of phenolic OH excluding ortho intramolecular Hbond substituents is 1. The van der Waals surface area contributed by atoms with E-state index in [9.17, 15) is 14.5 Å². The summed E-state index contributed by atoms with van der Waals surface area (Å²) < 4.78 is 18.2. The van der Waals surface area contributed by atoms with Crippen molar-refractivity contribution >= 4 is 5.69 Å². The number of hydrogen-bond acceptors (Lipinski definition) is 4.